The van der Waals surface area contributed by atoms with Gasteiger partial charge in [0.25, 0.3) is 0 Å². The number of aryl methyl sites for hydroxylation is 1. The molecular weight excluding hydrogens is 464 g/mol. The Hall–Kier alpha value is -3.20. The predicted molar refractivity (Wildman–Crippen MR) is 139 cm³/mol. The van der Waals surface area contributed by atoms with Crippen molar-refractivity contribution in [2.45, 2.75) is 45.3 Å². The summed E-state index contributed by atoms with van der Waals surface area (Å²) in [5.41, 5.74) is 2.05. The summed E-state index contributed by atoms with van der Waals surface area (Å²) in [6.07, 6.45) is 1.64. The van der Waals surface area contributed by atoms with Crippen molar-refractivity contribution in [3.8, 4) is 28.6 Å². The third-order valence-corrected chi connectivity index (χ3v) is 6.17. The van der Waals surface area contributed by atoms with Crippen molar-refractivity contribution in [3.63, 3.8) is 0 Å². The molecule has 0 unspecified atom stereocenters. The highest BCUT2D eigenvalue weighted by atomic mass is 32.2. The molecule has 9 heteroatoms. The van der Waals surface area contributed by atoms with Crippen molar-refractivity contribution in [3.05, 3.63) is 48.0 Å². The number of hydrogen-bond donors (Lipinski definition) is 1. The first-order valence-electron chi connectivity index (χ1n) is 11.9. The molecule has 188 valence electrons. The number of benzene rings is 2. The molecule has 0 atom stereocenters. The van der Waals surface area contributed by atoms with Gasteiger partial charge in [-0.15, -0.1) is 10.2 Å². The summed E-state index contributed by atoms with van der Waals surface area (Å²) in [5, 5.41) is 12.5. The van der Waals surface area contributed by atoms with Gasteiger partial charge in [0.1, 0.15) is 5.75 Å². The number of ether oxygens (including phenoxy) is 3. The summed E-state index contributed by atoms with van der Waals surface area (Å²) < 4.78 is 18.8. The molecule has 1 heterocycles. The molecule has 0 saturated carbocycles. The minimum absolute atomic E-state index is 0.00901. The van der Waals surface area contributed by atoms with Gasteiger partial charge in [-0.1, -0.05) is 24.8 Å². The van der Waals surface area contributed by atoms with Crippen LogP contribution in [0.1, 0.15) is 32.8 Å². The third-order valence-electron chi connectivity index (χ3n) is 5.20. The number of methoxy groups -OCH3 is 1. The minimum Gasteiger partial charge on any atom is -0.497 e. The SMILES string of the molecule is CCCNC(=O)CSc1nnc(-c2ccc(OC)cc2)n1CCc1ccc(OCC)c(OCC)c1. The third kappa shape index (κ3) is 7.39. The highest BCUT2D eigenvalue weighted by molar-refractivity contribution is 7.99. The summed E-state index contributed by atoms with van der Waals surface area (Å²) in [7, 11) is 1.64. The van der Waals surface area contributed by atoms with Crippen molar-refractivity contribution >= 4 is 17.7 Å². The topological polar surface area (TPSA) is 87.5 Å². The normalized spacial score (nSPS) is 10.7. The molecule has 1 amide bonds. The van der Waals surface area contributed by atoms with Crippen LogP contribution in [0.15, 0.2) is 47.6 Å². The summed E-state index contributed by atoms with van der Waals surface area (Å²) in [6.45, 7) is 8.41. The molecule has 0 aliphatic carbocycles. The Balaban J connectivity index is 1.83. The van der Waals surface area contributed by atoms with Crippen molar-refractivity contribution in [2.75, 3.05) is 32.6 Å². The van der Waals surface area contributed by atoms with Crippen molar-refractivity contribution in [1.82, 2.24) is 20.1 Å². The molecule has 2 aromatic carbocycles. The zero-order chi connectivity index (χ0) is 25.0. The number of thioether (sulfide) groups is 1. The Morgan fingerprint density at radius 1 is 1.00 bits per heavy atom. The first kappa shape index (κ1) is 26.4. The highest BCUT2D eigenvalue weighted by Crippen LogP contribution is 2.30. The number of aromatic nitrogens is 3. The zero-order valence-electron chi connectivity index (χ0n) is 20.9. The van der Waals surface area contributed by atoms with Crippen molar-refractivity contribution in [2.24, 2.45) is 0 Å². The Morgan fingerprint density at radius 2 is 1.74 bits per heavy atom. The number of hydrogen-bond acceptors (Lipinski definition) is 7. The van der Waals surface area contributed by atoms with E-state index in [1.54, 1.807) is 7.11 Å². The van der Waals surface area contributed by atoms with Gasteiger partial charge in [0.15, 0.2) is 22.5 Å². The van der Waals surface area contributed by atoms with Crippen LogP contribution in [0.2, 0.25) is 0 Å². The minimum atomic E-state index is -0.00901. The quantitative estimate of drug-likeness (QED) is 0.325. The average molecular weight is 499 g/mol. The van der Waals surface area contributed by atoms with E-state index in [1.165, 1.54) is 11.8 Å². The number of nitrogens with one attached hydrogen (secondary N) is 1. The zero-order valence-corrected chi connectivity index (χ0v) is 21.7. The molecule has 3 rings (SSSR count). The van der Waals surface area contributed by atoms with Crippen molar-refractivity contribution in [1.29, 1.82) is 0 Å². The van der Waals surface area contributed by atoms with Crippen LogP contribution in [0.25, 0.3) is 11.4 Å². The fourth-order valence-electron chi connectivity index (χ4n) is 3.49. The fraction of sp³-hybridized carbons (Fsp3) is 0.423. The van der Waals surface area contributed by atoms with Crippen LogP contribution in [0.5, 0.6) is 17.2 Å². The van der Waals surface area contributed by atoms with E-state index < -0.39 is 0 Å². The number of amides is 1. The number of rotatable bonds is 14. The average Bonchev–Trinajstić information content (AvgIpc) is 3.29. The van der Waals surface area contributed by atoms with Crippen LogP contribution in [0.3, 0.4) is 0 Å². The van der Waals surface area contributed by atoms with Gasteiger partial charge < -0.3 is 24.1 Å². The molecule has 0 bridgehead atoms. The van der Waals surface area contributed by atoms with Crippen LogP contribution in [-0.2, 0) is 17.8 Å². The van der Waals surface area contributed by atoms with E-state index in [9.17, 15) is 4.79 Å². The molecule has 1 aromatic heterocycles. The van der Waals surface area contributed by atoms with Gasteiger partial charge in [-0.3, -0.25) is 4.79 Å². The van der Waals surface area contributed by atoms with Gasteiger partial charge in [0.05, 0.1) is 26.1 Å². The van der Waals surface area contributed by atoms with Crippen LogP contribution in [0, 0.1) is 0 Å². The fourth-order valence-corrected chi connectivity index (χ4v) is 4.28. The van der Waals surface area contributed by atoms with Gasteiger partial charge in [-0.05, 0) is 68.7 Å². The Morgan fingerprint density at radius 3 is 2.43 bits per heavy atom. The lowest BCUT2D eigenvalue weighted by Gasteiger charge is -2.14. The van der Waals surface area contributed by atoms with Crippen LogP contribution in [0.4, 0.5) is 0 Å². The Bertz CT molecular complexity index is 1090. The molecular formula is C26H34N4O4S. The van der Waals surface area contributed by atoms with E-state index in [0.717, 1.165) is 47.0 Å². The monoisotopic (exact) mass is 498 g/mol. The highest BCUT2D eigenvalue weighted by Gasteiger charge is 2.16. The maximum atomic E-state index is 12.2. The summed E-state index contributed by atoms with van der Waals surface area (Å²) >= 11 is 1.39. The van der Waals surface area contributed by atoms with Gasteiger partial charge >= 0.3 is 0 Å². The molecule has 0 spiro atoms. The van der Waals surface area contributed by atoms with Gasteiger partial charge in [-0.2, -0.15) is 0 Å². The molecule has 0 aliphatic rings. The standard InChI is InChI=1S/C26H34N4O4S/c1-5-15-27-24(31)18-35-26-29-28-25(20-9-11-21(32-4)12-10-20)30(26)16-14-19-8-13-22(33-6-2)23(17-19)34-7-3/h8-13,17H,5-7,14-16,18H2,1-4H3,(H,27,31). The van der Waals surface area contributed by atoms with E-state index in [1.807, 2.05) is 57.2 Å². The predicted octanol–water partition coefficient (Wildman–Crippen LogP) is 4.61. The van der Waals surface area contributed by atoms with Crippen LogP contribution in [-0.4, -0.2) is 53.3 Å². The lowest BCUT2D eigenvalue weighted by molar-refractivity contribution is -0.118. The molecule has 8 nitrogen and oxygen atoms in total. The molecule has 0 aliphatic heterocycles. The smallest absolute Gasteiger partial charge is 0.230 e. The van der Waals surface area contributed by atoms with E-state index in [2.05, 4.69) is 26.1 Å². The van der Waals surface area contributed by atoms with E-state index in [0.29, 0.717) is 31.5 Å². The molecule has 35 heavy (non-hydrogen) atoms. The summed E-state index contributed by atoms with van der Waals surface area (Å²) in [4.78, 5) is 12.2. The summed E-state index contributed by atoms with van der Waals surface area (Å²) in [5.74, 6) is 3.30. The second kappa shape index (κ2) is 13.6. The Labute approximate surface area is 211 Å². The van der Waals surface area contributed by atoms with E-state index >= 15 is 0 Å². The first-order valence-corrected chi connectivity index (χ1v) is 12.9. The summed E-state index contributed by atoms with van der Waals surface area (Å²) in [6, 6.07) is 13.8. The maximum Gasteiger partial charge on any atom is 0.230 e. The molecule has 0 radical (unpaired) electrons. The maximum absolute atomic E-state index is 12.2. The lowest BCUT2D eigenvalue weighted by atomic mass is 10.1. The number of carbonyl (C=O) groups excluding carboxylic acids is 1. The van der Waals surface area contributed by atoms with Gasteiger partial charge in [-0.25, -0.2) is 0 Å². The number of nitrogens with zero attached hydrogens (tertiary/aromatic N) is 3. The second-order valence-corrected chi connectivity index (χ2v) is 8.66. The largest absolute Gasteiger partial charge is 0.497 e. The first-order chi connectivity index (χ1) is 17.1. The molecule has 0 fully saturated rings. The van der Waals surface area contributed by atoms with E-state index in [4.69, 9.17) is 14.2 Å². The van der Waals surface area contributed by atoms with Gasteiger partial charge in [0, 0.05) is 18.7 Å². The molecule has 0 saturated heterocycles. The van der Waals surface area contributed by atoms with Gasteiger partial charge in [0.2, 0.25) is 5.91 Å². The molecule has 3 aromatic rings. The Kier molecular flexibility index (Phi) is 10.3. The molecule has 1 N–H and O–H groups in total. The van der Waals surface area contributed by atoms with Crippen molar-refractivity contribution < 1.29 is 19.0 Å². The van der Waals surface area contributed by atoms with Crippen LogP contribution < -0.4 is 19.5 Å². The second-order valence-electron chi connectivity index (χ2n) is 7.72. The lowest BCUT2D eigenvalue weighted by Crippen LogP contribution is -2.25. The van der Waals surface area contributed by atoms with Crippen LogP contribution >= 0.6 is 11.8 Å². The number of carbonyl (C=O) groups is 1. The van der Waals surface area contributed by atoms with E-state index in [-0.39, 0.29) is 11.7 Å².